The van der Waals surface area contributed by atoms with E-state index in [-0.39, 0.29) is 11.8 Å². The molecule has 0 aliphatic heterocycles. The van der Waals surface area contributed by atoms with Crippen LogP contribution in [0.2, 0.25) is 5.02 Å². The fourth-order valence-corrected chi connectivity index (χ4v) is 3.10. The average molecular weight is 389 g/mol. The molecule has 1 aliphatic rings. The second-order valence-corrected chi connectivity index (χ2v) is 6.95. The first-order valence-electron chi connectivity index (χ1n) is 8.51. The number of carbonyl (C=O) groups excluding carboxylic acids is 2. The van der Waals surface area contributed by atoms with Gasteiger partial charge in [-0.15, -0.1) is 0 Å². The molecule has 142 valence electrons. The molecule has 0 unspecified atom stereocenters. The molecule has 27 heavy (non-hydrogen) atoms. The van der Waals surface area contributed by atoms with Crippen LogP contribution in [0.5, 0.6) is 11.5 Å². The van der Waals surface area contributed by atoms with E-state index in [2.05, 4.69) is 10.6 Å². The Morgan fingerprint density at radius 1 is 0.963 bits per heavy atom. The molecular weight excluding hydrogens is 368 g/mol. The standard InChI is InChI=1S/C20H21ClN2O4/c1-12-4-6-17(27-3)15(10-12)23-19(25)20(8-9-20)18(24)22-13-5-7-16(26-2)14(21)11-13/h4-7,10-11H,8-9H2,1-3H3,(H,22,24)(H,23,25). The van der Waals surface area contributed by atoms with Crippen LogP contribution in [0.15, 0.2) is 36.4 Å². The number of amides is 2. The number of carbonyl (C=O) groups is 2. The highest BCUT2D eigenvalue weighted by molar-refractivity contribution is 6.32. The third-order valence-corrected chi connectivity index (χ3v) is 4.93. The summed E-state index contributed by atoms with van der Waals surface area (Å²) in [4.78, 5) is 25.5. The van der Waals surface area contributed by atoms with Crippen molar-refractivity contribution in [2.24, 2.45) is 5.41 Å². The second-order valence-electron chi connectivity index (χ2n) is 6.54. The van der Waals surface area contributed by atoms with E-state index < -0.39 is 5.41 Å². The van der Waals surface area contributed by atoms with Gasteiger partial charge in [-0.1, -0.05) is 17.7 Å². The SMILES string of the molecule is COc1ccc(NC(=O)C2(C(=O)Nc3cc(C)ccc3OC)CC2)cc1Cl. The van der Waals surface area contributed by atoms with Gasteiger partial charge in [0.25, 0.3) is 0 Å². The normalized spacial score (nSPS) is 14.2. The predicted molar refractivity (Wildman–Crippen MR) is 105 cm³/mol. The zero-order chi connectivity index (χ0) is 19.6. The second kappa shape index (κ2) is 7.48. The zero-order valence-corrected chi connectivity index (χ0v) is 16.1. The Bertz CT molecular complexity index is 894. The number of hydrogen-bond donors (Lipinski definition) is 2. The number of ether oxygens (including phenoxy) is 2. The molecule has 7 heteroatoms. The van der Waals surface area contributed by atoms with E-state index in [0.29, 0.717) is 40.7 Å². The number of anilines is 2. The maximum atomic E-state index is 12.8. The van der Waals surface area contributed by atoms with Crippen LogP contribution >= 0.6 is 11.6 Å². The molecule has 2 amide bonds. The van der Waals surface area contributed by atoms with E-state index in [4.69, 9.17) is 21.1 Å². The number of rotatable bonds is 6. The van der Waals surface area contributed by atoms with Crippen LogP contribution in [-0.2, 0) is 9.59 Å². The average Bonchev–Trinajstić information content (AvgIpc) is 3.44. The van der Waals surface area contributed by atoms with Crippen LogP contribution in [-0.4, -0.2) is 26.0 Å². The van der Waals surface area contributed by atoms with Gasteiger partial charge in [0.2, 0.25) is 11.8 Å². The Kier molecular flexibility index (Phi) is 5.28. The number of benzene rings is 2. The van der Waals surface area contributed by atoms with Crippen LogP contribution in [0.1, 0.15) is 18.4 Å². The lowest BCUT2D eigenvalue weighted by atomic mass is 10.0. The minimum absolute atomic E-state index is 0.344. The maximum absolute atomic E-state index is 12.8. The Morgan fingerprint density at radius 3 is 2.19 bits per heavy atom. The molecule has 0 spiro atoms. The quantitative estimate of drug-likeness (QED) is 0.732. The first-order chi connectivity index (χ1) is 12.9. The van der Waals surface area contributed by atoms with Crippen LogP contribution < -0.4 is 20.1 Å². The van der Waals surface area contributed by atoms with Crippen LogP contribution in [0.3, 0.4) is 0 Å². The molecule has 0 saturated heterocycles. The van der Waals surface area contributed by atoms with Crippen molar-refractivity contribution in [1.82, 2.24) is 0 Å². The van der Waals surface area contributed by atoms with Crippen molar-refractivity contribution >= 4 is 34.8 Å². The summed E-state index contributed by atoms with van der Waals surface area (Å²) in [5.74, 6) is 0.364. The van der Waals surface area contributed by atoms with E-state index in [1.54, 1.807) is 24.3 Å². The predicted octanol–water partition coefficient (Wildman–Crippen LogP) is 4.02. The summed E-state index contributed by atoms with van der Waals surface area (Å²) in [6, 6.07) is 10.4. The highest BCUT2D eigenvalue weighted by Gasteiger charge is 2.56. The lowest BCUT2D eigenvalue weighted by Gasteiger charge is -2.17. The van der Waals surface area contributed by atoms with Gasteiger partial charge >= 0.3 is 0 Å². The molecule has 3 rings (SSSR count). The van der Waals surface area contributed by atoms with Gasteiger partial charge in [0.15, 0.2) is 0 Å². The summed E-state index contributed by atoms with van der Waals surface area (Å²) in [7, 11) is 3.05. The van der Waals surface area contributed by atoms with Gasteiger partial charge in [-0.2, -0.15) is 0 Å². The van der Waals surface area contributed by atoms with Crippen molar-refractivity contribution in [3.63, 3.8) is 0 Å². The molecule has 1 fully saturated rings. The van der Waals surface area contributed by atoms with Gasteiger partial charge < -0.3 is 20.1 Å². The zero-order valence-electron chi connectivity index (χ0n) is 15.4. The van der Waals surface area contributed by atoms with Gasteiger partial charge in [-0.05, 0) is 55.7 Å². The van der Waals surface area contributed by atoms with Crippen molar-refractivity contribution in [3.8, 4) is 11.5 Å². The molecule has 1 saturated carbocycles. The third kappa shape index (κ3) is 3.85. The summed E-state index contributed by atoms with van der Waals surface area (Å²) >= 11 is 6.09. The van der Waals surface area contributed by atoms with Gasteiger partial charge in [0.1, 0.15) is 16.9 Å². The van der Waals surface area contributed by atoms with E-state index in [1.807, 2.05) is 19.1 Å². The molecule has 1 aliphatic carbocycles. The number of methoxy groups -OCH3 is 2. The minimum Gasteiger partial charge on any atom is -0.495 e. The van der Waals surface area contributed by atoms with Crippen molar-refractivity contribution in [2.45, 2.75) is 19.8 Å². The van der Waals surface area contributed by atoms with E-state index >= 15 is 0 Å². The summed E-state index contributed by atoms with van der Waals surface area (Å²) in [5.41, 5.74) is 0.960. The molecule has 0 aromatic heterocycles. The maximum Gasteiger partial charge on any atom is 0.240 e. The van der Waals surface area contributed by atoms with E-state index in [1.165, 1.54) is 14.2 Å². The van der Waals surface area contributed by atoms with E-state index in [9.17, 15) is 9.59 Å². The fraction of sp³-hybridized carbons (Fsp3) is 0.300. The molecule has 0 atom stereocenters. The largest absolute Gasteiger partial charge is 0.495 e. The fourth-order valence-electron chi connectivity index (χ4n) is 2.84. The van der Waals surface area contributed by atoms with Gasteiger partial charge in [-0.3, -0.25) is 9.59 Å². The summed E-state index contributed by atoms with van der Waals surface area (Å²) < 4.78 is 10.4. The molecule has 0 bridgehead atoms. The number of halogens is 1. The Balaban J connectivity index is 1.74. The topological polar surface area (TPSA) is 76.7 Å². The number of nitrogens with one attached hydrogen (secondary N) is 2. The van der Waals surface area contributed by atoms with Crippen molar-refractivity contribution in [2.75, 3.05) is 24.9 Å². The Labute approximate surface area is 162 Å². The minimum atomic E-state index is -1.08. The first kappa shape index (κ1) is 19.0. The van der Waals surface area contributed by atoms with E-state index in [0.717, 1.165) is 5.56 Å². The van der Waals surface area contributed by atoms with Crippen molar-refractivity contribution in [3.05, 3.63) is 47.0 Å². The Morgan fingerprint density at radius 2 is 1.59 bits per heavy atom. The van der Waals surface area contributed by atoms with Crippen LogP contribution in [0.25, 0.3) is 0 Å². The molecule has 6 nitrogen and oxygen atoms in total. The van der Waals surface area contributed by atoms with Gasteiger partial charge in [-0.25, -0.2) is 0 Å². The van der Waals surface area contributed by atoms with Crippen molar-refractivity contribution < 1.29 is 19.1 Å². The lowest BCUT2D eigenvalue weighted by Crippen LogP contribution is -2.35. The van der Waals surface area contributed by atoms with Crippen LogP contribution in [0, 0.1) is 12.3 Å². The summed E-state index contributed by atoms with van der Waals surface area (Å²) in [5, 5.41) is 5.99. The van der Waals surface area contributed by atoms with Crippen molar-refractivity contribution in [1.29, 1.82) is 0 Å². The number of aryl methyl sites for hydroxylation is 1. The highest BCUT2D eigenvalue weighted by Crippen LogP contribution is 2.48. The first-order valence-corrected chi connectivity index (χ1v) is 8.88. The smallest absolute Gasteiger partial charge is 0.240 e. The van der Waals surface area contributed by atoms with Gasteiger partial charge in [0, 0.05) is 5.69 Å². The monoisotopic (exact) mass is 388 g/mol. The lowest BCUT2D eigenvalue weighted by molar-refractivity contribution is -0.131. The number of hydrogen-bond acceptors (Lipinski definition) is 4. The molecule has 2 aromatic carbocycles. The third-order valence-electron chi connectivity index (χ3n) is 4.63. The Hall–Kier alpha value is -2.73. The molecule has 2 aromatic rings. The highest BCUT2D eigenvalue weighted by atomic mass is 35.5. The van der Waals surface area contributed by atoms with Crippen LogP contribution in [0.4, 0.5) is 11.4 Å². The molecular formula is C20H21ClN2O4. The molecule has 0 radical (unpaired) electrons. The van der Waals surface area contributed by atoms with Gasteiger partial charge in [0.05, 0.1) is 24.9 Å². The summed E-state index contributed by atoms with van der Waals surface area (Å²) in [6.07, 6.45) is 0.978. The summed E-state index contributed by atoms with van der Waals surface area (Å²) in [6.45, 7) is 1.92. The molecule has 2 N–H and O–H groups in total. The molecule has 0 heterocycles.